The minimum absolute atomic E-state index is 0.244. The van der Waals surface area contributed by atoms with Crippen molar-refractivity contribution in [2.24, 2.45) is 0 Å². The molecule has 0 fully saturated rings. The summed E-state index contributed by atoms with van der Waals surface area (Å²) in [7, 11) is 2.70. The number of Topliss-reactive ketones (excluding diaryl/α,β-unsaturated/α-hetero) is 1. The van der Waals surface area contributed by atoms with Gasteiger partial charge >= 0.3 is 5.97 Å². The molecule has 0 aromatic heterocycles. The summed E-state index contributed by atoms with van der Waals surface area (Å²) < 4.78 is 9.73. The Morgan fingerprint density at radius 2 is 1.65 bits per heavy atom. The summed E-state index contributed by atoms with van der Waals surface area (Å²) in [5, 5.41) is 0. The quantitative estimate of drug-likeness (QED) is 0.487. The van der Waals surface area contributed by atoms with Gasteiger partial charge in [0.15, 0.2) is 0 Å². The van der Waals surface area contributed by atoms with Crippen molar-refractivity contribution in [1.29, 1.82) is 0 Å². The lowest BCUT2D eigenvalue weighted by Gasteiger charge is -2.10. The Balaban J connectivity index is 2.44. The highest BCUT2D eigenvalue weighted by atomic mass is 16.5. The molecule has 0 aliphatic carbocycles. The molecular formula is C16H14O4. The van der Waals surface area contributed by atoms with Gasteiger partial charge in [0.25, 0.3) is 5.78 Å². The number of methoxy groups -OCH3 is 2. The highest BCUT2D eigenvalue weighted by Gasteiger charge is 2.18. The van der Waals surface area contributed by atoms with Crippen LogP contribution in [0.4, 0.5) is 0 Å². The van der Waals surface area contributed by atoms with Crippen LogP contribution in [0, 0.1) is 0 Å². The van der Waals surface area contributed by atoms with Gasteiger partial charge in [-0.2, -0.15) is 0 Å². The SMILES string of the molecule is COC(=O)C(=O)c1ccc(-c2ccccc2)c(OC)c1. The monoisotopic (exact) mass is 270 g/mol. The minimum Gasteiger partial charge on any atom is -0.496 e. The topological polar surface area (TPSA) is 52.6 Å². The van der Waals surface area contributed by atoms with Gasteiger partial charge < -0.3 is 9.47 Å². The molecule has 0 saturated carbocycles. The lowest BCUT2D eigenvalue weighted by Crippen LogP contribution is -2.15. The molecule has 0 spiro atoms. The molecule has 4 nitrogen and oxygen atoms in total. The van der Waals surface area contributed by atoms with Crippen molar-refractivity contribution < 1.29 is 19.1 Å². The number of carbonyl (C=O) groups excluding carboxylic acids is 2. The normalized spacial score (nSPS) is 9.90. The number of hydrogen-bond acceptors (Lipinski definition) is 4. The highest BCUT2D eigenvalue weighted by molar-refractivity contribution is 6.40. The van der Waals surface area contributed by atoms with Crippen LogP contribution in [0.25, 0.3) is 11.1 Å². The van der Waals surface area contributed by atoms with E-state index in [4.69, 9.17) is 4.74 Å². The molecule has 0 saturated heterocycles. The maximum atomic E-state index is 11.8. The summed E-state index contributed by atoms with van der Waals surface area (Å²) >= 11 is 0. The highest BCUT2D eigenvalue weighted by Crippen LogP contribution is 2.30. The third kappa shape index (κ3) is 2.69. The van der Waals surface area contributed by atoms with Crippen LogP contribution in [0.5, 0.6) is 5.75 Å². The summed E-state index contributed by atoms with van der Waals surface area (Å²) in [5.41, 5.74) is 2.07. The lowest BCUT2D eigenvalue weighted by atomic mass is 10.0. The van der Waals surface area contributed by atoms with Crippen LogP contribution in [0.2, 0.25) is 0 Å². The molecule has 0 unspecified atom stereocenters. The van der Waals surface area contributed by atoms with Crippen molar-refractivity contribution in [3.63, 3.8) is 0 Å². The molecule has 0 bridgehead atoms. The third-order valence-corrected chi connectivity index (χ3v) is 2.92. The average molecular weight is 270 g/mol. The molecule has 2 aromatic rings. The largest absolute Gasteiger partial charge is 0.496 e. The first-order valence-corrected chi connectivity index (χ1v) is 6.03. The van der Waals surface area contributed by atoms with Gasteiger partial charge in [0.05, 0.1) is 14.2 Å². The number of carbonyl (C=O) groups is 2. The molecule has 0 aliphatic heterocycles. The van der Waals surface area contributed by atoms with E-state index in [1.54, 1.807) is 18.2 Å². The number of ketones is 1. The van der Waals surface area contributed by atoms with Gasteiger partial charge in [0.1, 0.15) is 5.75 Å². The number of ether oxygens (including phenoxy) is 2. The van der Waals surface area contributed by atoms with Gasteiger partial charge in [0.2, 0.25) is 0 Å². The van der Waals surface area contributed by atoms with Gasteiger partial charge in [-0.3, -0.25) is 4.79 Å². The molecule has 2 aromatic carbocycles. The van der Waals surface area contributed by atoms with Gasteiger partial charge in [-0.1, -0.05) is 30.3 Å². The van der Waals surface area contributed by atoms with E-state index in [0.717, 1.165) is 11.1 Å². The van der Waals surface area contributed by atoms with Crippen molar-refractivity contribution in [3.8, 4) is 16.9 Å². The predicted molar refractivity (Wildman–Crippen MR) is 74.8 cm³/mol. The second-order valence-corrected chi connectivity index (χ2v) is 4.10. The predicted octanol–water partition coefficient (Wildman–Crippen LogP) is 2.72. The summed E-state index contributed by atoms with van der Waals surface area (Å²) in [6.45, 7) is 0. The second-order valence-electron chi connectivity index (χ2n) is 4.10. The lowest BCUT2D eigenvalue weighted by molar-refractivity contribution is -0.135. The standard InChI is InChI=1S/C16H14O4/c1-19-14-10-12(15(17)16(18)20-2)8-9-13(14)11-6-4-3-5-7-11/h3-10H,1-2H3. The minimum atomic E-state index is -0.889. The molecular weight excluding hydrogens is 256 g/mol. The van der Waals surface area contributed by atoms with Gasteiger partial charge in [0, 0.05) is 11.1 Å². The molecule has 0 atom stereocenters. The fourth-order valence-corrected chi connectivity index (χ4v) is 1.90. The van der Waals surface area contributed by atoms with Crippen LogP contribution in [-0.2, 0) is 9.53 Å². The van der Waals surface area contributed by atoms with Crippen LogP contribution < -0.4 is 4.74 Å². The fourth-order valence-electron chi connectivity index (χ4n) is 1.90. The Kier molecular flexibility index (Phi) is 4.15. The molecule has 0 radical (unpaired) electrons. The van der Waals surface area contributed by atoms with E-state index in [1.807, 2.05) is 30.3 Å². The maximum absolute atomic E-state index is 11.8. The maximum Gasteiger partial charge on any atom is 0.379 e. The molecule has 4 heteroatoms. The van der Waals surface area contributed by atoms with E-state index < -0.39 is 11.8 Å². The zero-order valence-electron chi connectivity index (χ0n) is 11.3. The van der Waals surface area contributed by atoms with Gasteiger partial charge in [-0.15, -0.1) is 0 Å². The Hall–Kier alpha value is -2.62. The summed E-state index contributed by atoms with van der Waals surface area (Å²) in [5.74, 6) is -1.05. The van der Waals surface area contributed by atoms with E-state index in [0.29, 0.717) is 5.75 Å². The summed E-state index contributed by atoms with van der Waals surface area (Å²) in [6, 6.07) is 14.5. The van der Waals surface area contributed by atoms with Gasteiger partial charge in [-0.05, 0) is 23.8 Å². The number of benzene rings is 2. The smallest absolute Gasteiger partial charge is 0.379 e. The zero-order valence-corrected chi connectivity index (χ0v) is 11.3. The van der Waals surface area contributed by atoms with Crippen molar-refractivity contribution in [3.05, 3.63) is 54.1 Å². The zero-order chi connectivity index (χ0) is 14.5. The Bertz CT molecular complexity index is 632. The van der Waals surface area contributed by atoms with E-state index in [2.05, 4.69) is 4.74 Å². The number of rotatable bonds is 4. The third-order valence-electron chi connectivity index (χ3n) is 2.92. The van der Waals surface area contributed by atoms with Crippen LogP contribution in [0.15, 0.2) is 48.5 Å². The second kappa shape index (κ2) is 6.02. The summed E-state index contributed by atoms with van der Waals surface area (Å²) in [4.78, 5) is 23.0. The van der Waals surface area contributed by atoms with Gasteiger partial charge in [-0.25, -0.2) is 4.79 Å². The van der Waals surface area contributed by atoms with Crippen LogP contribution >= 0.6 is 0 Å². The Labute approximate surface area is 116 Å². The van der Waals surface area contributed by atoms with E-state index in [-0.39, 0.29) is 5.56 Å². The number of esters is 1. The van der Waals surface area contributed by atoms with Crippen molar-refractivity contribution >= 4 is 11.8 Å². The van der Waals surface area contributed by atoms with Crippen molar-refractivity contribution in [1.82, 2.24) is 0 Å². The van der Waals surface area contributed by atoms with Crippen molar-refractivity contribution in [2.75, 3.05) is 14.2 Å². The average Bonchev–Trinajstić information content (AvgIpc) is 2.53. The van der Waals surface area contributed by atoms with Crippen LogP contribution in [0.1, 0.15) is 10.4 Å². The first kappa shape index (κ1) is 13.8. The first-order chi connectivity index (χ1) is 9.67. The van der Waals surface area contributed by atoms with E-state index >= 15 is 0 Å². The van der Waals surface area contributed by atoms with Crippen molar-refractivity contribution in [2.45, 2.75) is 0 Å². The number of hydrogen-bond donors (Lipinski definition) is 0. The van der Waals surface area contributed by atoms with Crippen LogP contribution in [0.3, 0.4) is 0 Å². The van der Waals surface area contributed by atoms with Crippen LogP contribution in [-0.4, -0.2) is 26.0 Å². The molecule has 2 rings (SSSR count). The molecule has 0 amide bonds. The van der Waals surface area contributed by atoms with E-state index in [1.165, 1.54) is 14.2 Å². The molecule has 0 heterocycles. The summed E-state index contributed by atoms with van der Waals surface area (Å²) in [6.07, 6.45) is 0. The Morgan fingerprint density at radius 3 is 2.25 bits per heavy atom. The van der Waals surface area contributed by atoms with E-state index in [9.17, 15) is 9.59 Å². The fraction of sp³-hybridized carbons (Fsp3) is 0.125. The first-order valence-electron chi connectivity index (χ1n) is 6.03. The molecule has 20 heavy (non-hydrogen) atoms. The molecule has 102 valence electrons. The molecule has 0 aliphatic rings. The Morgan fingerprint density at radius 1 is 0.950 bits per heavy atom. The molecule has 0 N–H and O–H groups in total.